The van der Waals surface area contributed by atoms with Crippen LogP contribution in [0.4, 0.5) is 27.8 Å². The van der Waals surface area contributed by atoms with Gasteiger partial charge in [0.2, 0.25) is 5.91 Å². The molecule has 4 rings (SSSR count). The number of hydrogen-bond donors (Lipinski definition) is 0. The molecule has 1 fully saturated rings. The monoisotopic (exact) mass is 582 g/mol. The number of thioether (sulfide) groups is 1. The minimum Gasteiger partial charge on any atom is -0.383 e. The van der Waals surface area contributed by atoms with E-state index in [4.69, 9.17) is 4.74 Å². The molecule has 0 aliphatic carbocycles. The van der Waals surface area contributed by atoms with Gasteiger partial charge in [-0.25, -0.2) is 13.6 Å². The van der Waals surface area contributed by atoms with Crippen molar-refractivity contribution in [2.24, 2.45) is 0 Å². The lowest BCUT2D eigenvalue weighted by Crippen LogP contribution is -2.49. The maximum absolute atomic E-state index is 14.7. The summed E-state index contributed by atoms with van der Waals surface area (Å²) in [5.74, 6) is -2.03. The molecule has 1 saturated heterocycles. The van der Waals surface area contributed by atoms with E-state index in [1.54, 1.807) is 4.90 Å². The molecule has 0 unspecified atom stereocenters. The van der Waals surface area contributed by atoms with Crippen LogP contribution in [0.15, 0.2) is 58.8 Å². The molecular formula is C27H27F5N4O3S. The number of alkyl halides is 3. The summed E-state index contributed by atoms with van der Waals surface area (Å²) < 4.78 is 78.7. The van der Waals surface area contributed by atoms with Crippen molar-refractivity contribution in [1.29, 1.82) is 0 Å². The topological polar surface area (TPSA) is 67.7 Å². The second-order valence-electron chi connectivity index (χ2n) is 9.29. The number of rotatable bonds is 7. The summed E-state index contributed by atoms with van der Waals surface area (Å²) in [6.45, 7) is 8.76. The maximum atomic E-state index is 14.7. The van der Waals surface area contributed by atoms with Gasteiger partial charge in [-0.3, -0.25) is 9.36 Å². The van der Waals surface area contributed by atoms with Crippen molar-refractivity contribution < 1.29 is 31.5 Å². The van der Waals surface area contributed by atoms with E-state index in [1.807, 2.05) is 0 Å². The second-order valence-corrected chi connectivity index (χ2v) is 10.3. The van der Waals surface area contributed by atoms with Gasteiger partial charge in [0.1, 0.15) is 11.6 Å². The van der Waals surface area contributed by atoms with E-state index in [9.17, 15) is 31.5 Å². The molecule has 1 atom stereocenters. The highest BCUT2D eigenvalue weighted by Crippen LogP contribution is 2.49. The highest BCUT2D eigenvalue weighted by molar-refractivity contribution is 7.99. The summed E-state index contributed by atoms with van der Waals surface area (Å²) in [4.78, 5) is 32.8. The van der Waals surface area contributed by atoms with Gasteiger partial charge >= 0.3 is 11.9 Å². The number of aromatic nitrogens is 2. The first-order chi connectivity index (χ1) is 18.9. The van der Waals surface area contributed by atoms with E-state index in [0.29, 0.717) is 0 Å². The number of nitrogens with zero attached hydrogens (tertiary/aromatic N) is 4. The summed E-state index contributed by atoms with van der Waals surface area (Å²) in [7, 11) is 1.44. The fourth-order valence-electron chi connectivity index (χ4n) is 4.91. The Hall–Kier alpha value is -3.45. The Kier molecular flexibility index (Phi) is 8.55. The van der Waals surface area contributed by atoms with Gasteiger partial charge in [0, 0.05) is 60.5 Å². The summed E-state index contributed by atoms with van der Waals surface area (Å²) in [6, 6.07) is 0.298. The molecule has 1 aromatic carbocycles. The smallest absolute Gasteiger partial charge is 0.383 e. The van der Waals surface area contributed by atoms with Crippen LogP contribution >= 0.6 is 11.8 Å². The van der Waals surface area contributed by atoms with Crippen LogP contribution in [0.2, 0.25) is 0 Å². The molecule has 0 radical (unpaired) electrons. The molecule has 0 spiro atoms. The predicted molar refractivity (Wildman–Crippen MR) is 145 cm³/mol. The number of benzene rings is 1. The van der Waals surface area contributed by atoms with Crippen LogP contribution in [0.3, 0.4) is 0 Å². The van der Waals surface area contributed by atoms with E-state index < -0.39 is 46.3 Å². The van der Waals surface area contributed by atoms with Gasteiger partial charge in [0.15, 0.2) is 0 Å². The number of hydrogen-bond acceptors (Lipinski definition) is 6. The third kappa shape index (κ3) is 5.57. The molecule has 7 nitrogen and oxygen atoms in total. The van der Waals surface area contributed by atoms with Crippen molar-refractivity contribution in [1.82, 2.24) is 14.5 Å². The summed E-state index contributed by atoms with van der Waals surface area (Å²) >= 11 is 1.02. The van der Waals surface area contributed by atoms with Crippen LogP contribution in [0.1, 0.15) is 24.1 Å². The van der Waals surface area contributed by atoms with Crippen molar-refractivity contribution in [3.05, 3.63) is 70.7 Å². The SMILES string of the molecule is C=CC(=O)N1CCN(c2nc(=O)n3c4c(c(/C(=C/C=C(\C)F)C(=C)F)c(C(F)(F)F)cc24)SC[C@@H]3COC)CC1. The zero-order valence-electron chi connectivity index (χ0n) is 21.9. The molecule has 2 aromatic rings. The van der Waals surface area contributed by atoms with E-state index in [2.05, 4.69) is 18.1 Å². The zero-order chi connectivity index (χ0) is 29.4. The van der Waals surface area contributed by atoms with Gasteiger partial charge in [-0.05, 0) is 31.2 Å². The average Bonchev–Trinajstić information content (AvgIpc) is 2.90. The zero-order valence-corrected chi connectivity index (χ0v) is 22.7. The third-order valence-corrected chi connectivity index (χ3v) is 7.94. The lowest BCUT2D eigenvalue weighted by atomic mass is 9.94. The maximum Gasteiger partial charge on any atom is 0.417 e. The van der Waals surface area contributed by atoms with Crippen LogP contribution in [0, 0.1) is 0 Å². The Morgan fingerprint density at radius 1 is 1.23 bits per heavy atom. The van der Waals surface area contributed by atoms with Crippen LogP contribution < -0.4 is 10.6 Å². The number of ether oxygens (including phenoxy) is 1. The van der Waals surface area contributed by atoms with Gasteiger partial charge in [0.05, 0.1) is 29.6 Å². The van der Waals surface area contributed by atoms with Crippen LogP contribution in [0.5, 0.6) is 0 Å². The molecule has 0 bridgehead atoms. The number of carbonyl (C=O) groups excluding carboxylic acids is 1. The predicted octanol–water partition coefficient (Wildman–Crippen LogP) is 5.28. The molecule has 0 saturated carbocycles. The highest BCUT2D eigenvalue weighted by Gasteiger charge is 2.40. The normalized spacial score (nSPS) is 18.3. The lowest BCUT2D eigenvalue weighted by Gasteiger charge is -2.37. The Morgan fingerprint density at radius 2 is 1.90 bits per heavy atom. The van der Waals surface area contributed by atoms with E-state index in [0.717, 1.165) is 36.9 Å². The van der Waals surface area contributed by atoms with E-state index >= 15 is 0 Å². The van der Waals surface area contributed by atoms with Crippen molar-refractivity contribution in [3.63, 3.8) is 0 Å². The number of halogens is 5. The molecule has 1 amide bonds. The molecule has 1 aromatic heterocycles. The fourth-order valence-corrected chi connectivity index (χ4v) is 6.23. The number of anilines is 1. The van der Waals surface area contributed by atoms with E-state index in [1.165, 1.54) is 22.7 Å². The van der Waals surface area contributed by atoms with Gasteiger partial charge in [-0.15, -0.1) is 11.8 Å². The molecular weight excluding hydrogens is 555 g/mol. The lowest BCUT2D eigenvalue weighted by molar-refractivity contribution is -0.137. The van der Waals surface area contributed by atoms with Crippen LogP contribution in [-0.4, -0.2) is 66.0 Å². The fraction of sp³-hybridized carbons (Fsp3) is 0.370. The van der Waals surface area contributed by atoms with Gasteiger partial charge in [-0.1, -0.05) is 13.2 Å². The number of methoxy groups -OCH3 is 1. The van der Waals surface area contributed by atoms with Gasteiger partial charge < -0.3 is 14.5 Å². The average molecular weight is 583 g/mol. The molecule has 13 heteroatoms. The molecule has 3 heterocycles. The van der Waals surface area contributed by atoms with Gasteiger partial charge in [0.25, 0.3) is 0 Å². The van der Waals surface area contributed by atoms with Crippen molar-refractivity contribution in [2.45, 2.75) is 24.0 Å². The Balaban J connectivity index is 2.07. The van der Waals surface area contributed by atoms with Crippen LogP contribution in [0.25, 0.3) is 16.5 Å². The Labute approximate surface area is 231 Å². The largest absolute Gasteiger partial charge is 0.417 e. The second kappa shape index (κ2) is 11.6. The quantitative estimate of drug-likeness (QED) is 0.251. The first kappa shape index (κ1) is 29.5. The molecule has 40 heavy (non-hydrogen) atoms. The van der Waals surface area contributed by atoms with Crippen molar-refractivity contribution >= 4 is 40.0 Å². The molecule has 2 aliphatic heterocycles. The molecule has 0 N–H and O–H groups in total. The number of carbonyl (C=O) groups is 1. The molecule has 2 aliphatic rings. The minimum absolute atomic E-state index is 0.00774. The molecule has 214 valence electrons. The van der Waals surface area contributed by atoms with Crippen molar-refractivity contribution in [2.75, 3.05) is 50.5 Å². The summed E-state index contributed by atoms with van der Waals surface area (Å²) in [5, 5.41) is 0.0449. The summed E-state index contributed by atoms with van der Waals surface area (Å²) in [5.41, 5.74) is -2.80. The first-order valence-electron chi connectivity index (χ1n) is 12.3. The van der Waals surface area contributed by atoms with Crippen molar-refractivity contribution in [3.8, 4) is 0 Å². The number of piperazine rings is 1. The highest BCUT2D eigenvalue weighted by atomic mass is 32.2. The first-order valence-corrected chi connectivity index (χ1v) is 13.2. The van der Waals surface area contributed by atoms with Crippen LogP contribution in [-0.2, 0) is 15.7 Å². The Bertz CT molecular complexity index is 1490. The number of allylic oxidation sites excluding steroid dienone is 5. The Morgan fingerprint density at radius 3 is 2.45 bits per heavy atom. The number of amides is 1. The standard InChI is InChI=1S/C27H27F5N4O3S/c1-5-21(37)34-8-10-35(11-9-34)25-19-12-20(27(30,31)32)22(18(16(3)29)7-6-15(2)28)24-23(19)36(26(38)33-25)17(13-39-4)14-40-24/h5-7,12,17H,1,3,8-11,13-14H2,2,4H3/b15-6+,18-7+/t17-/m0/s1. The third-order valence-electron chi connectivity index (χ3n) is 6.70. The minimum atomic E-state index is -4.94. The van der Waals surface area contributed by atoms with E-state index in [-0.39, 0.29) is 66.1 Å². The summed E-state index contributed by atoms with van der Waals surface area (Å²) in [6.07, 6.45) is -2.00. The van der Waals surface area contributed by atoms with Gasteiger partial charge in [-0.2, -0.15) is 18.2 Å².